The lowest BCUT2D eigenvalue weighted by Gasteiger charge is -2.25. The molecule has 0 aliphatic heterocycles. The summed E-state index contributed by atoms with van der Waals surface area (Å²) in [5, 5.41) is 0. The zero-order valence-corrected chi connectivity index (χ0v) is 19.3. The maximum atomic E-state index is 13.4. The van der Waals surface area contributed by atoms with E-state index in [4.69, 9.17) is 4.74 Å². The van der Waals surface area contributed by atoms with Crippen LogP contribution in [0.2, 0.25) is 0 Å². The predicted molar refractivity (Wildman–Crippen MR) is 121 cm³/mol. The molecule has 0 heterocycles. The molecule has 0 unspecified atom stereocenters. The molecule has 5 nitrogen and oxygen atoms in total. The number of hydrogen-bond donors (Lipinski definition) is 0. The second-order valence-electron chi connectivity index (χ2n) is 6.92. The van der Waals surface area contributed by atoms with Gasteiger partial charge >= 0.3 is 0 Å². The molecule has 0 spiro atoms. The number of aryl methyl sites for hydroxylation is 2. The fourth-order valence-electron chi connectivity index (χ4n) is 2.97. The van der Waals surface area contributed by atoms with Crippen LogP contribution in [0.5, 0.6) is 5.75 Å². The Morgan fingerprint density at radius 3 is 2.33 bits per heavy atom. The average Bonchev–Trinajstić information content (AvgIpc) is 2.71. The molecule has 0 atom stereocenters. The van der Waals surface area contributed by atoms with Crippen molar-refractivity contribution in [2.75, 3.05) is 10.9 Å². The van der Waals surface area contributed by atoms with Gasteiger partial charge in [-0.2, -0.15) is 4.31 Å². The second kappa shape index (κ2) is 9.02. The molecule has 3 aromatic rings. The summed E-state index contributed by atoms with van der Waals surface area (Å²) in [5.74, 6) is -0.216. The highest BCUT2D eigenvalue weighted by atomic mass is 79.9. The summed E-state index contributed by atoms with van der Waals surface area (Å²) in [5.41, 5.74) is 2.94. The van der Waals surface area contributed by atoms with Crippen molar-refractivity contribution in [2.45, 2.75) is 25.7 Å². The SMILES string of the molecule is Cc1ccc(OCC(=O)N(c2cccc(C)c2C)S(=O)(=O)c2ccccc2)c(Br)c1. The van der Waals surface area contributed by atoms with Gasteiger partial charge in [0, 0.05) is 0 Å². The fraction of sp³-hybridized carbons (Fsp3) is 0.174. The Kier molecular flexibility index (Phi) is 6.63. The van der Waals surface area contributed by atoms with Crippen molar-refractivity contribution in [1.29, 1.82) is 0 Å². The molecule has 156 valence electrons. The highest BCUT2D eigenvalue weighted by molar-refractivity contribution is 9.10. The first-order chi connectivity index (χ1) is 14.2. The number of anilines is 1. The van der Waals surface area contributed by atoms with Gasteiger partial charge in [-0.15, -0.1) is 0 Å². The number of carbonyl (C=O) groups is 1. The molecule has 30 heavy (non-hydrogen) atoms. The summed E-state index contributed by atoms with van der Waals surface area (Å²) in [6.07, 6.45) is 0. The van der Waals surface area contributed by atoms with E-state index in [1.165, 1.54) is 12.1 Å². The molecule has 0 aromatic heterocycles. The normalized spacial score (nSPS) is 11.2. The van der Waals surface area contributed by atoms with Gasteiger partial charge in [0.25, 0.3) is 15.9 Å². The van der Waals surface area contributed by atoms with E-state index in [0.717, 1.165) is 15.4 Å². The van der Waals surface area contributed by atoms with Crippen molar-refractivity contribution < 1.29 is 17.9 Å². The van der Waals surface area contributed by atoms with Crippen LogP contribution in [-0.4, -0.2) is 20.9 Å². The van der Waals surface area contributed by atoms with Crippen molar-refractivity contribution in [3.8, 4) is 5.75 Å². The minimum absolute atomic E-state index is 0.0378. The van der Waals surface area contributed by atoms with E-state index in [9.17, 15) is 13.2 Å². The Morgan fingerprint density at radius 1 is 0.967 bits per heavy atom. The second-order valence-corrected chi connectivity index (χ2v) is 9.56. The lowest BCUT2D eigenvalue weighted by Crippen LogP contribution is -2.40. The van der Waals surface area contributed by atoms with E-state index in [0.29, 0.717) is 21.5 Å². The van der Waals surface area contributed by atoms with Crippen LogP contribution in [0.25, 0.3) is 0 Å². The molecule has 3 rings (SSSR count). The molecule has 0 aliphatic carbocycles. The van der Waals surface area contributed by atoms with Gasteiger partial charge in [-0.05, 0) is 83.7 Å². The van der Waals surface area contributed by atoms with E-state index in [1.807, 2.05) is 32.0 Å². The van der Waals surface area contributed by atoms with Gasteiger partial charge in [-0.1, -0.05) is 36.4 Å². The Morgan fingerprint density at radius 2 is 1.67 bits per heavy atom. The number of amides is 1. The van der Waals surface area contributed by atoms with E-state index >= 15 is 0 Å². The van der Waals surface area contributed by atoms with Gasteiger partial charge < -0.3 is 4.74 Å². The highest BCUT2D eigenvalue weighted by Gasteiger charge is 2.32. The summed E-state index contributed by atoms with van der Waals surface area (Å²) in [6.45, 7) is 5.18. The predicted octanol–water partition coefficient (Wildman–Crippen LogP) is 5.18. The first-order valence-corrected chi connectivity index (χ1v) is 11.5. The van der Waals surface area contributed by atoms with Crippen LogP contribution in [0.1, 0.15) is 16.7 Å². The first-order valence-electron chi connectivity index (χ1n) is 9.30. The first kappa shape index (κ1) is 22.1. The van der Waals surface area contributed by atoms with Crippen LogP contribution in [0.4, 0.5) is 5.69 Å². The Bertz CT molecular complexity index is 1180. The zero-order chi connectivity index (χ0) is 21.9. The summed E-state index contributed by atoms with van der Waals surface area (Å²) in [7, 11) is -4.12. The third-order valence-corrected chi connectivity index (χ3v) is 7.11. The van der Waals surface area contributed by atoms with Crippen LogP contribution in [0, 0.1) is 20.8 Å². The van der Waals surface area contributed by atoms with Crippen molar-refractivity contribution >= 4 is 37.5 Å². The number of rotatable bonds is 6. The maximum Gasteiger partial charge on any atom is 0.278 e. The Hall–Kier alpha value is -2.64. The number of halogens is 1. The molecule has 0 aliphatic rings. The quantitative estimate of drug-likeness (QED) is 0.480. The molecule has 0 fully saturated rings. The molecule has 0 saturated heterocycles. The number of hydrogen-bond acceptors (Lipinski definition) is 4. The van der Waals surface area contributed by atoms with E-state index in [2.05, 4.69) is 15.9 Å². The van der Waals surface area contributed by atoms with Crippen LogP contribution >= 0.6 is 15.9 Å². The lowest BCUT2D eigenvalue weighted by molar-refractivity contribution is -0.119. The lowest BCUT2D eigenvalue weighted by atomic mass is 10.1. The number of nitrogens with zero attached hydrogens (tertiary/aromatic N) is 1. The topological polar surface area (TPSA) is 63.7 Å². The number of sulfonamides is 1. The zero-order valence-electron chi connectivity index (χ0n) is 16.9. The molecular weight excluding hydrogens is 466 g/mol. The van der Waals surface area contributed by atoms with Gasteiger partial charge in [0.15, 0.2) is 6.61 Å². The monoisotopic (exact) mass is 487 g/mol. The maximum absolute atomic E-state index is 13.4. The molecule has 1 amide bonds. The van der Waals surface area contributed by atoms with Gasteiger partial charge in [-0.25, -0.2) is 8.42 Å². The van der Waals surface area contributed by atoms with Crippen LogP contribution in [0.15, 0.2) is 76.1 Å². The summed E-state index contributed by atoms with van der Waals surface area (Å²) < 4.78 is 34.0. The van der Waals surface area contributed by atoms with Crippen LogP contribution in [0.3, 0.4) is 0 Å². The number of benzene rings is 3. The molecule has 3 aromatic carbocycles. The van der Waals surface area contributed by atoms with Crippen molar-refractivity contribution in [2.24, 2.45) is 0 Å². The van der Waals surface area contributed by atoms with E-state index in [-0.39, 0.29) is 4.90 Å². The minimum atomic E-state index is -4.12. The third-order valence-electron chi connectivity index (χ3n) is 4.74. The van der Waals surface area contributed by atoms with Crippen molar-refractivity contribution in [3.05, 3.63) is 87.9 Å². The van der Waals surface area contributed by atoms with E-state index < -0.39 is 22.5 Å². The third kappa shape index (κ3) is 4.57. The van der Waals surface area contributed by atoms with Gasteiger partial charge in [0.2, 0.25) is 0 Å². The van der Waals surface area contributed by atoms with Gasteiger partial charge in [-0.3, -0.25) is 4.79 Å². The fourth-order valence-corrected chi connectivity index (χ4v) is 5.07. The number of carbonyl (C=O) groups excluding carboxylic acids is 1. The average molecular weight is 488 g/mol. The Labute approximate surface area is 185 Å². The molecule has 0 N–H and O–H groups in total. The molecule has 7 heteroatoms. The van der Waals surface area contributed by atoms with Crippen molar-refractivity contribution in [1.82, 2.24) is 0 Å². The minimum Gasteiger partial charge on any atom is -0.483 e. The standard InChI is InChI=1S/C23H22BrNO4S/c1-16-12-13-22(20(24)14-16)29-15-23(26)25(21-11-7-8-17(2)18(21)3)30(27,28)19-9-5-4-6-10-19/h4-14H,15H2,1-3H3. The molecule has 0 saturated carbocycles. The molecule has 0 radical (unpaired) electrons. The van der Waals surface area contributed by atoms with Crippen LogP contribution < -0.4 is 9.04 Å². The van der Waals surface area contributed by atoms with Crippen LogP contribution in [-0.2, 0) is 14.8 Å². The molecule has 0 bridgehead atoms. The Balaban J connectivity index is 2.01. The summed E-state index contributed by atoms with van der Waals surface area (Å²) in [4.78, 5) is 13.2. The van der Waals surface area contributed by atoms with Crippen molar-refractivity contribution in [3.63, 3.8) is 0 Å². The van der Waals surface area contributed by atoms with Gasteiger partial charge in [0.1, 0.15) is 5.75 Å². The van der Waals surface area contributed by atoms with Gasteiger partial charge in [0.05, 0.1) is 15.1 Å². The largest absolute Gasteiger partial charge is 0.483 e. The van der Waals surface area contributed by atoms with E-state index in [1.54, 1.807) is 43.3 Å². The molecular formula is C23H22BrNO4S. The summed E-state index contributed by atoms with van der Waals surface area (Å²) in [6, 6.07) is 18.6. The highest BCUT2D eigenvalue weighted by Crippen LogP contribution is 2.30. The summed E-state index contributed by atoms with van der Waals surface area (Å²) >= 11 is 3.41. The smallest absolute Gasteiger partial charge is 0.278 e. The number of ether oxygens (including phenoxy) is 1.